The minimum Gasteiger partial charge on any atom is -0.457 e. The molecule has 6 N–H and O–H groups in total. The van der Waals surface area contributed by atoms with Crippen LogP contribution in [0.3, 0.4) is 0 Å². The lowest BCUT2D eigenvalue weighted by Gasteiger charge is -2.21. The normalized spacial score (nSPS) is 21.7. The molecular formula is C26H31F2N4O11P. The number of furan rings is 1. The Balaban J connectivity index is 1.37. The van der Waals surface area contributed by atoms with Crippen LogP contribution in [0.5, 0.6) is 0 Å². The topological polar surface area (TPSA) is 226 Å². The molecule has 5 atom stereocenters. The predicted octanol–water partition coefficient (Wildman–Crippen LogP) is 0.593. The number of aryl methyl sites for hydroxylation is 1. The van der Waals surface area contributed by atoms with Crippen LogP contribution in [-0.2, 0) is 47.8 Å². The Bertz CT molecular complexity index is 1650. The monoisotopic (exact) mass is 644 g/mol. The van der Waals surface area contributed by atoms with E-state index in [1.54, 1.807) is 12.1 Å². The van der Waals surface area contributed by atoms with E-state index >= 15 is 0 Å². The Labute approximate surface area is 248 Å². The summed E-state index contributed by atoms with van der Waals surface area (Å²) in [5, 5.41) is 22.4. The van der Waals surface area contributed by atoms with Gasteiger partial charge in [0.05, 0.1) is 37.9 Å². The molecule has 0 spiro atoms. The fourth-order valence-corrected chi connectivity index (χ4v) is 5.58. The number of nitrogens with one attached hydrogen (secondary N) is 1. The molecular weight excluding hydrogens is 613 g/mol. The van der Waals surface area contributed by atoms with Crippen LogP contribution >= 0.6 is 7.75 Å². The Morgan fingerprint density at radius 2 is 2.05 bits per heavy atom. The molecule has 44 heavy (non-hydrogen) atoms. The highest BCUT2D eigenvalue weighted by atomic mass is 31.2. The van der Waals surface area contributed by atoms with Gasteiger partial charge in [-0.1, -0.05) is 6.07 Å². The van der Waals surface area contributed by atoms with Crippen molar-refractivity contribution in [3.63, 3.8) is 0 Å². The molecule has 2 aromatic heterocycles. The van der Waals surface area contributed by atoms with Crippen molar-refractivity contribution in [1.29, 1.82) is 0 Å². The van der Waals surface area contributed by atoms with Gasteiger partial charge in [-0.25, -0.2) is 14.4 Å². The number of hydrogen-bond donors (Lipinski definition) is 5. The van der Waals surface area contributed by atoms with Crippen LogP contribution in [0.15, 0.2) is 39.7 Å². The molecule has 0 amide bonds. The molecule has 1 aliphatic rings. The van der Waals surface area contributed by atoms with Gasteiger partial charge in [0.2, 0.25) is 6.23 Å². The number of aliphatic hydroxyl groups is 2. The van der Waals surface area contributed by atoms with E-state index in [9.17, 15) is 42.8 Å². The van der Waals surface area contributed by atoms with E-state index in [-0.39, 0.29) is 18.9 Å². The zero-order valence-corrected chi connectivity index (χ0v) is 24.4. The Morgan fingerprint density at radius 1 is 1.32 bits per heavy atom. The second-order valence-corrected chi connectivity index (χ2v) is 11.7. The maximum Gasteiger partial charge on any atom is 0.403 e. The van der Waals surface area contributed by atoms with Gasteiger partial charge in [-0.15, -0.1) is 0 Å². The van der Waals surface area contributed by atoms with Crippen molar-refractivity contribution >= 4 is 30.5 Å². The van der Waals surface area contributed by atoms with Gasteiger partial charge >= 0.3 is 25.3 Å². The fourth-order valence-electron chi connectivity index (χ4n) is 4.52. The Kier molecular flexibility index (Phi) is 10.1. The van der Waals surface area contributed by atoms with E-state index in [2.05, 4.69) is 4.98 Å². The highest BCUT2D eigenvalue weighted by Crippen LogP contribution is 2.44. The number of alkyl halides is 2. The maximum atomic E-state index is 14.9. The molecule has 18 heteroatoms. The molecule has 3 heterocycles. The van der Waals surface area contributed by atoms with Crippen LogP contribution in [0.25, 0.3) is 11.0 Å². The number of esters is 1. The third-order valence-electron chi connectivity index (χ3n) is 6.73. The molecule has 0 radical (unpaired) electrons. The van der Waals surface area contributed by atoms with Crippen LogP contribution < -0.4 is 16.5 Å². The number of fused-ring (bicyclic) bond motifs is 1. The summed E-state index contributed by atoms with van der Waals surface area (Å²) >= 11 is 0. The number of aliphatic hydroxyl groups excluding tert-OH is 2. The van der Waals surface area contributed by atoms with Crippen LogP contribution in [0.1, 0.15) is 35.7 Å². The standard InChI is InChI=1S/C26H31F2N4O11P/c1-13-5-15-7-18(42-22(15)16(6-13)10-33)11-40-21(35)8-17-3-4-32(25(37)30-17)24-26(27,28)23(36)20(43-24)12-41-44(38,39)31-14(2)19(34)9-29/h3-7,14,20,23-24,33,36H,8-12,29H2,1-2H3,(H2,31,38,39)/t14-,20+,23+,24+/m0/s1. The van der Waals surface area contributed by atoms with Gasteiger partial charge in [-0.2, -0.15) is 13.8 Å². The molecule has 0 aliphatic carbocycles. The van der Waals surface area contributed by atoms with Crippen LogP contribution in [0.4, 0.5) is 8.78 Å². The molecule has 1 saturated heterocycles. The summed E-state index contributed by atoms with van der Waals surface area (Å²) < 4.78 is 63.1. The molecule has 0 bridgehead atoms. The number of Topliss-reactive ketones (excluding diaryl/α,β-unsaturated/α-hetero) is 1. The average Bonchev–Trinajstić information content (AvgIpc) is 3.47. The van der Waals surface area contributed by atoms with Crippen molar-refractivity contribution in [3.8, 4) is 0 Å². The first kappa shape index (κ1) is 33.5. The lowest BCUT2D eigenvalue weighted by atomic mass is 10.1. The van der Waals surface area contributed by atoms with Crippen molar-refractivity contribution in [2.45, 2.75) is 63.9 Å². The highest BCUT2D eigenvalue weighted by Gasteiger charge is 2.60. The number of ether oxygens (including phenoxy) is 2. The molecule has 0 saturated carbocycles. The second-order valence-electron chi connectivity index (χ2n) is 10.1. The number of nitrogens with two attached hydrogens (primary N) is 1. The Hall–Kier alpha value is -3.41. The zero-order valence-electron chi connectivity index (χ0n) is 23.5. The van der Waals surface area contributed by atoms with Crippen molar-refractivity contribution in [2.75, 3.05) is 13.2 Å². The third kappa shape index (κ3) is 7.44. The first-order chi connectivity index (χ1) is 20.6. The molecule has 1 fully saturated rings. The van der Waals surface area contributed by atoms with Crippen LogP contribution in [0, 0.1) is 6.92 Å². The maximum absolute atomic E-state index is 14.9. The summed E-state index contributed by atoms with van der Waals surface area (Å²) in [6.45, 7) is 1.17. The SMILES string of the molecule is Cc1cc(CO)c2oc(COC(=O)Cc3ccn([C@@H]4O[C@H](COP(=O)(O)N[C@@H](C)C(=O)CN)[C@@H](O)C4(F)F)c(=O)n3)cc2c1. The van der Waals surface area contributed by atoms with Gasteiger partial charge in [-0.05, 0) is 37.6 Å². The number of aromatic nitrogens is 2. The summed E-state index contributed by atoms with van der Waals surface area (Å²) in [6.07, 6.45) is -6.36. The number of hydrogen-bond acceptors (Lipinski definition) is 12. The van der Waals surface area contributed by atoms with E-state index in [4.69, 9.17) is 24.1 Å². The number of carbonyl (C=O) groups excluding carboxylic acids is 2. The van der Waals surface area contributed by atoms with E-state index < -0.39 is 75.2 Å². The number of ketones is 1. The second kappa shape index (κ2) is 13.3. The number of benzene rings is 1. The smallest absolute Gasteiger partial charge is 0.403 e. The van der Waals surface area contributed by atoms with Crippen LogP contribution in [-0.4, -0.2) is 73.7 Å². The van der Waals surface area contributed by atoms with Gasteiger partial charge in [0.25, 0.3) is 0 Å². The van der Waals surface area contributed by atoms with Crippen molar-refractivity contribution in [1.82, 2.24) is 14.6 Å². The quantitative estimate of drug-likeness (QED) is 0.127. The van der Waals surface area contributed by atoms with E-state index in [0.29, 0.717) is 26.9 Å². The van der Waals surface area contributed by atoms with Crippen LogP contribution in [0.2, 0.25) is 0 Å². The lowest BCUT2D eigenvalue weighted by molar-refractivity contribution is -0.144. The molecule has 1 unspecified atom stereocenters. The zero-order chi connectivity index (χ0) is 32.4. The lowest BCUT2D eigenvalue weighted by Crippen LogP contribution is -2.42. The first-order valence-corrected chi connectivity index (χ1v) is 14.8. The van der Waals surface area contributed by atoms with Gasteiger partial charge in [0.15, 0.2) is 11.9 Å². The van der Waals surface area contributed by atoms with E-state index in [1.807, 2.05) is 18.1 Å². The van der Waals surface area contributed by atoms with Gasteiger partial charge in [0.1, 0.15) is 24.1 Å². The molecule has 1 aliphatic heterocycles. The van der Waals surface area contributed by atoms with Gasteiger partial charge in [0, 0.05) is 17.1 Å². The number of rotatable bonds is 13. The Morgan fingerprint density at radius 3 is 2.70 bits per heavy atom. The predicted molar refractivity (Wildman–Crippen MR) is 146 cm³/mol. The molecule has 15 nitrogen and oxygen atoms in total. The number of halogens is 2. The highest BCUT2D eigenvalue weighted by molar-refractivity contribution is 7.50. The largest absolute Gasteiger partial charge is 0.457 e. The average molecular weight is 645 g/mol. The van der Waals surface area contributed by atoms with Gasteiger partial charge in [-0.3, -0.25) is 18.7 Å². The molecule has 1 aromatic carbocycles. The minimum absolute atomic E-state index is 0.103. The van der Waals surface area contributed by atoms with Crippen molar-refractivity contribution in [3.05, 3.63) is 63.5 Å². The number of carbonyl (C=O) groups is 2. The molecule has 3 aromatic rings. The third-order valence-corrected chi connectivity index (χ3v) is 7.95. The first-order valence-electron chi connectivity index (χ1n) is 13.2. The minimum atomic E-state index is -4.70. The van der Waals surface area contributed by atoms with E-state index in [1.165, 1.54) is 6.92 Å². The molecule has 4 rings (SSSR count). The summed E-state index contributed by atoms with van der Waals surface area (Å²) in [7, 11) is -4.70. The van der Waals surface area contributed by atoms with Crippen molar-refractivity contribution in [2.24, 2.45) is 5.73 Å². The van der Waals surface area contributed by atoms with Gasteiger partial charge < -0.3 is 34.7 Å². The van der Waals surface area contributed by atoms with Crippen molar-refractivity contribution < 1.29 is 56.5 Å². The summed E-state index contributed by atoms with van der Waals surface area (Å²) in [4.78, 5) is 50.0. The fraction of sp³-hybridized carbons (Fsp3) is 0.462. The number of nitrogens with zero attached hydrogens (tertiary/aromatic N) is 2. The summed E-state index contributed by atoms with van der Waals surface area (Å²) in [5.74, 6) is -5.17. The molecule has 240 valence electrons. The summed E-state index contributed by atoms with van der Waals surface area (Å²) in [5.41, 5.74) is 5.78. The van der Waals surface area contributed by atoms with E-state index in [0.717, 1.165) is 17.8 Å². The summed E-state index contributed by atoms with van der Waals surface area (Å²) in [6, 6.07) is 5.18.